The lowest BCUT2D eigenvalue weighted by atomic mass is 10.0. The first-order valence-electron chi connectivity index (χ1n) is 7.65. The molecular weight excluding hydrogens is 298 g/mol. The third kappa shape index (κ3) is 7.08. The summed E-state index contributed by atoms with van der Waals surface area (Å²) >= 11 is 0. The number of hydrogen-bond donors (Lipinski definition) is 2. The zero-order valence-electron chi connectivity index (χ0n) is 13.3. The van der Waals surface area contributed by atoms with Crippen LogP contribution < -0.4 is 4.72 Å². The third-order valence-corrected chi connectivity index (χ3v) is 4.81. The molecule has 1 atom stereocenters. The van der Waals surface area contributed by atoms with Crippen LogP contribution in [-0.4, -0.2) is 32.4 Å². The monoisotopic (exact) mass is 323 g/mol. The smallest absolute Gasteiger partial charge is 0.211 e. The summed E-state index contributed by atoms with van der Waals surface area (Å²) in [6.45, 7) is 4.42. The summed E-state index contributed by atoms with van der Waals surface area (Å²) in [6, 6.07) is 7.85. The van der Waals surface area contributed by atoms with E-state index < -0.39 is 10.0 Å². The fourth-order valence-corrected chi connectivity index (χ4v) is 3.12. The zero-order valence-corrected chi connectivity index (χ0v) is 14.1. The van der Waals surface area contributed by atoms with E-state index in [1.807, 2.05) is 38.1 Å². The van der Waals surface area contributed by atoms with E-state index in [0.29, 0.717) is 25.8 Å². The molecule has 1 aromatic carbocycles. The number of nitrogens with one attached hydrogen (secondary N) is 1. The summed E-state index contributed by atoms with van der Waals surface area (Å²) in [5, 5.41) is 8.69. The maximum Gasteiger partial charge on any atom is 0.211 e. The van der Waals surface area contributed by atoms with Crippen molar-refractivity contribution in [2.75, 3.05) is 18.9 Å². The van der Waals surface area contributed by atoms with Crippen molar-refractivity contribution in [1.82, 2.24) is 4.72 Å². The van der Waals surface area contributed by atoms with E-state index in [2.05, 4.69) is 16.6 Å². The Balaban J connectivity index is 2.56. The molecular formula is C17H25NO3S. The number of benzene rings is 1. The van der Waals surface area contributed by atoms with Gasteiger partial charge in [0.1, 0.15) is 0 Å². The second kappa shape index (κ2) is 9.62. The Hall–Kier alpha value is -1.35. The van der Waals surface area contributed by atoms with E-state index in [4.69, 9.17) is 5.11 Å². The molecule has 0 amide bonds. The molecule has 122 valence electrons. The average Bonchev–Trinajstić information content (AvgIpc) is 2.50. The molecule has 0 aliphatic heterocycles. The predicted molar refractivity (Wildman–Crippen MR) is 90.1 cm³/mol. The van der Waals surface area contributed by atoms with Crippen LogP contribution in [0.25, 0.3) is 0 Å². The van der Waals surface area contributed by atoms with Crippen LogP contribution in [0, 0.1) is 11.8 Å². The Kier molecular flexibility index (Phi) is 8.18. The standard InChI is InChI=1S/C17H25NO3S/c1-3-13-22(20,21)18-14-15(2)17-10-8-16(9-11-17)7-5-4-6-12-19/h8-11,15,18-19H,3-4,6,12-14H2,1-2H3. The average molecular weight is 323 g/mol. The summed E-state index contributed by atoms with van der Waals surface area (Å²) in [5.41, 5.74) is 2.01. The molecule has 0 spiro atoms. The van der Waals surface area contributed by atoms with Gasteiger partial charge in [-0.3, -0.25) is 0 Å². The number of aliphatic hydroxyl groups is 1. The van der Waals surface area contributed by atoms with Gasteiger partial charge in [0, 0.05) is 25.1 Å². The molecule has 1 unspecified atom stereocenters. The van der Waals surface area contributed by atoms with E-state index >= 15 is 0 Å². The molecule has 0 radical (unpaired) electrons. The first kappa shape index (κ1) is 18.7. The minimum absolute atomic E-state index is 0.114. The maximum atomic E-state index is 11.6. The molecule has 0 aliphatic carbocycles. The van der Waals surface area contributed by atoms with Gasteiger partial charge in [0.25, 0.3) is 0 Å². The molecule has 0 heterocycles. The van der Waals surface area contributed by atoms with Crippen molar-refractivity contribution in [2.45, 2.75) is 39.0 Å². The minimum Gasteiger partial charge on any atom is -0.396 e. The van der Waals surface area contributed by atoms with Gasteiger partial charge < -0.3 is 5.11 Å². The molecule has 0 fully saturated rings. The van der Waals surface area contributed by atoms with Crippen LogP contribution in [0.4, 0.5) is 0 Å². The van der Waals surface area contributed by atoms with Gasteiger partial charge in [-0.1, -0.05) is 37.8 Å². The second-order valence-corrected chi connectivity index (χ2v) is 7.25. The van der Waals surface area contributed by atoms with E-state index in [-0.39, 0.29) is 18.3 Å². The van der Waals surface area contributed by atoms with Crippen molar-refractivity contribution < 1.29 is 13.5 Å². The van der Waals surface area contributed by atoms with E-state index in [1.54, 1.807) is 0 Å². The minimum atomic E-state index is -3.15. The first-order valence-corrected chi connectivity index (χ1v) is 9.30. The Bertz CT molecular complexity index is 597. The van der Waals surface area contributed by atoms with Crippen molar-refractivity contribution in [3.05, 3.63) is 35.4 Å². The predicted octanol–water partition coefficient (Wildman–Crippen LogP) is 2.24. The van der Waals surface area contributed by atoms with Crippen LogP contribution in [0.1, 0.15) is 50.2 Å². The molecule has 0 aliphatic rings. The van der Waals surface area contributed by atoms with Gasteiger partial charge in [-0.25, -0.2) is 13.1 Å². The Morgan fingerprint density at radius 1 is 1.27 bits per heavy atom. The van der Waals surface area contributed by atoms with E-state index in [0.717, 1.165) is 11.1 Å². The zero-order chi connectivity index (χ0) is 16.4. The van der Waals surface area contributed by atoms with Gasteiger partial charge in [0.05, 0.1) is 5.75 Å². The summed E-state index contributed by atoms with van der Waals surface area (Å²) in [4.78, 5) is 0. The molecule has 22 heavy (non-hydrogen) atoms. The number of rotatable bonds is 8. The number of unbranched alkanes of at least 4 members (excludes halogenated alkanes) is 1. The molecule has 0 saturated carbocycles. The van der Waals surface area contributed by atoms with Crippen LogP contribution in [0.5, 0.6) is 0 Å². The summed E-state index contributed by atoms with van der Waals surface area (Å²) in [7, 11) is -3.15. The second-order valence-electron chi connectivity index (χ2n) is 5.32. The highest BCUT2D eigenvalue weighted by Gasteiger charge is 2.11. The van der Waals surface area contributed by atoms with Crippen LogP contribution in [0.2, 0.25) is 0 Å². The van der Waals surface area contributed by atoms with E-state index in [1.165, 1.54) is 0 Å². The molecule has 4 nitrogen and oxygen atoms in total. The lowest BCUT2D eigenvalue weighted by Crippen LogP contribution is -2.29. The molecule has 1 rings (SSSR count). The highest BCUT2D eigenvalue weighted by molar-refractivity contribution is 7.89. The van der Waals surface area contributed by atoms with Crippen molar-refractivity contribution in [3.8, 4) is 11.8 Å². The van der Waals surface area contributed by atoms with Gasteiger partial charge in [-0.05, 0) is 36.5 Å². The molecule has 0 bridgehead atoms. The Morgan fingerprint density at radius 3 is 2.55 bits per heavy atom. The summed E-state index contributed by atoms with van der Waals surface area (Å²) < 4.78 is 25.9. The summed E-state index contributed by atoms with van der Waals surface area (Å²) in [6.07, 6.45) is 2.00. The molecule has 2 N–H and O–H groups in total. The molecule has 1 aromatic rings. The number of hydrogen-bond acceptors (Lipinski definition) is 3. The van der Waals surface area contributed by atoms with Gasteiger partial charge in [0.2, 0.25) is 10.0 Å². The fraction of sp³-hybridized carbons (Fsp3) is 0.529. The lowest BCUT2D eigenvalue weighted by molar-refractivity contribution is 0.290. The first-order chi connectivity index (χ1) is 10.5. The fourth-order valence-electron chi connectivity index (χ4n) is 1.94. The quantitative estimate of drug-likeness (QED) is 0.569. The van der Waals surface area contributed by atoms with Gasteiger partial charge in [0.15, 0.2) is 0 Å². The van der Waals surface area contributed by atoms with Gasteiger partial charge in [-0.2, -0.15) is 0 Å². The molecule has 0 saturated heterocycles. The normalized spacial score (nSPS) is 12.5. The highest BCUT2D eigenvalue weighted by Crippen LogP contribution is 2.15. The van der Waals surface area contributed by atoms with Crippen LogP contribution >= 0.6 is 0 Å². The number of aliphatic hydroxyl groups excluding tert-OH is 1. The Morgan fingerprint density at radius 2 is 1.95 bits per heavy atom. The lowest BCUT2D eigenvalue weighted by Gasteiger charge is -2.13. The maximum absolute atomic E-state index is 11.6. The van der Waals surface area contributed by atoms with Crippen molar-refractivity contribution in [2.24, 2.45) is 0 Å². The van der Waals surface area contributed by atoms with Crippen molar-refractivity contribution >= 4 is 10.0 Å². The Labute approximate surface area is 134 Å². The highest BCUT2D eigenvalue weighted by atomic mass is 32.2. The van der Waals surface area contributed by atoms with Crippen LogP contribution in [0.15, 0.2) is 24.3 Å². The number of sulfonamides is 1. The third-order valence-electron chi connectivity index (χ3n) is 3.25. The molecule has 0 aromatic heterocycles. The van der Waals surface area contributed by atoms with Crippen LogP contribution in [-0.2, 0) is 10.0 Å². The van der Waals surface area contributed by atoms with Gasteiger partial charge in [-0.15, -0.1) is 0 Å². The van der Waals surface area contributed by atoms with Gasteiger partial charge >= 0.3 is 0 Å². The topological polar surface area (TPSA) is 66.4 Å². The SMILES string of the molecule is CCCS(=O)(=O)NCC(C)c1ccc(C#CCCCO)cc1. The van der Waals surface area contributed by atoms with Crippen molar-refractivity contribution in [1.29, 1.82) is 0 Å². The van der Waals surface area contributed by atoms with E-state index in [9.17, 15) is 8.42 Å². The largest absolute Gasteiger partial charge is 0.396 e. The van der Waals surface area contributed by atoms with Crippen LogP contribution in [0.3, 0.4) is 0 Å². The summed E-state index contributed by atoms with van der Waals surface area (Å²) in [5.74, 6) is 6.34. The molecule has 5 heteroatoms. The van der Waals surface area contributed by atoms with Crippen molar-refractivity contribution in [3.63, 3.8) is 0 Å².